The summed E-state index contributed by atoms with van der Waals surface area (Å²) in [6.07, 6.45) is 2.61. The number of nitro groups is 1. The number of aliphatic hydroxyl groups is 1. The summed E-state index contributed by atoms with van der Waals surface area (Å²) < 4.78 is 4.43. The Hall–Kier alpha value is -2.41. The van der Waals surface area contributed by atoms with E-state index in [-0.39, 0.29) is 18.8 Å². The maximum atomic E-state index is 10.9. The number of ether oxygens (including phenoxy) is 1. The van der Waals surface area contributed by atoms with Crippen molar-refractivity contribution in [1.29, 1.82) is 0 Å². The molecule has 1 aromatic rings. The van der Waals surface area contributed by atoms with Crippen molar-refractivity contribution in [2.75, 3.05) is 25.6 Å². The smallest absolute Gasteiger partial charge is 0.330 e. The molecule has 7 nitrogen and oxygen atoms in total. The van der Waals surface area contributed by atoms with Gasteiger partial charge in [-0.1, -0.05) is 6.07 Å². The quantitative estimate of drug-likeness (QED) is 0.347. The number of hydrogen-bond acceptors (Lipinski definition) is 6. The standard InChI is InChI=1S/C12H14N2O5/c1-19-12(16)5-3-9-2-4-10(13-6-7-15)11(8-9)14(17)18/h2-5,8,13,15H,6-7H2,1H3. The number of rotatable bonds is 6. The van der Waals surface area contributed by atoms with E-state index in [2.05, 4.69) is 10.1 Å². The summed E-state index contributed by atoms with van der Waals surface area (Å²) in [5, 5.41) is 22.3. The lowest BCUT2D eigenvalue weighted by atomic mass is 10.1. The molecular weight excluding hydrogens is 252 g/mol. The first-order valence-electron chi connectivity index (χ1n) is 5.47. The second-order valence-corrected chi connectivity index (χ2v) is 3.54. The predicted molar refractivity (Wildman–Crippen MR) is 69.7 cm³/mol. The number of nitro benzene ring substituents is 1. The van der Waals surface area contributed by atoms with Crippen LogP contribution in [0.5, 0.6) is 0 Å². The van der Waals surface area contributed by atoms with Gasteiger partial charge < -0.3 is 15.2 Å². The third-order valence-electron chi connectivity index (χ3n) is 2.26. The van der Waals surface area contributed by atoms with Gasteiger partial charge in [-0.2, -0.15) is 0 Å². The maximum absolute atomic E-state index is 10.9. The summed E-state index contributed by atoms with van der Waals surface area (Å²) in [7, 11) is 1.25. The predicted octanol–water partition coefficient (Wildman–Crippen LogP) is 1.19. The Morgan fingerprint density at radius 3 is 2.89 bits per heavy atom. The van der Waals surface area contributed by atoms with Crippen molar-refractivity contribution in [2.45, 2.75) is 0 Å². The van der Waals surface area contributed by atoms with Gasteiger partial charge in [-0.15, -0.1) is 0 Å². The minimum atomic E-state index is -0.537. The van der Waals surface area contributed by atoms with E-state index in [9.17, 15) is 14.9 Å². The molecule has 0 aromatic heterocycles. The second kappa shape index (κ2) is 7.12. The van der Waals surface area contributed by atoms with Gasteiger partial charge in [0.15, 0.2) is 0 Å². The van der Waals surface area contributed by atoms with Crippen molar-refractivity contribution >= 4 is 23.4 Å². The first kappa shape index (κ1) is 14.7. The number of anilines is 1. The zero-order chi connectivity index (χ0) is 14.3. The van der Waals surface area contributed by atoms with E-state index in [0.717, 1.165) is 0 Å². The van der Waals surface area contributed by atoms with Crippen molar-refractivity contribution < 1.29 is 19.6 Å². The van der Waals surface area contributed by atoms with Crippen LogP contribution in [0.4, 0.5) is 11.4 Å². The zero-order valence-electron chi connectivity index (χ0n) is 10.3. The topological polar surface area (TPSA) is 102 Å². The normalized spacial score (nSPS) is 10.4. The van der Waals surface area contributed by atoms with Crippen LogP contribution in [0.25, 0.3) is 6.08 Å². The van der Waals surface area contributed by atoms with E-state index >= 15 is 0 Å². The molecule has 102 valence electrons. The number of carbonyl (C=O) groups is 1. The number of esters is 1. The number of aliphatic hydroxyl groups excluding tert-OH is 1. The van der Waals surface area contributed by atoms with Gasteiger partial charge in [0.25, 0.3) is 5.69 Å². The summed E-state index contributed by atoms with van der Waals surface area (Å²) in [6.45, 7) is 0.0966. The molecule has 0 fully saturated rings. The van der Waals surface area contributed by atoms with Crippen LogP contribution in [0, 0.1) is 10.1 Å². The van der Waals surface area contributed by atoms with E-state index < -0.39 is 10.9 Å². The van der Waals surface area contributed by atoms with Gasteiger partial charge in [-0.05, 0) is 17.7 Å². The van der Waals surface area contributed by atoms with Crippen molar-refractivity contribution in [3.63, 3.8) is 0 Å². The summed E-state index contributed by atoms with van der Waals surface area (Å²) in [4.78, 5) is 21.3. The molecule has 0 amide bonds. The molecule has 0 atom stereocenters. The molecule has 0 bridgehead atoms. The van der Waals surface area contributed by atoms with Crippen molar-refractivity contribution in [3.8, 4) is 0 Å². The molecule has 0 aliphatic rings. The Kier molecular flexibility index (Phi) is 5.49. The van der Waals surface area contributed by atoms with Crippen LogP contribution in [0.1, 0.15) is 5.56 Å². The van der Waals surface area contributed by atoms with Crippen LogP contribution in [0.2, 0.25) is 0 Å². The fourth-order valence-electron chi connectivity index (χ4n) is 1.38. The molecule has 0 aliphatic heterocycles. The molecule has 2 N–H and O–H groups in total. The number of methoxy groups -OCH3 is 1. The third-order valence-corrected chi connectivity index (χ3v) is 2.26. The highest BCUT2D eigenvalue weighted by Gasteiger charge is 2.13. The number of nitrogens with one attached hydrogen (secondary N) is 1. The SMILES string of the molecule is COC(=O)C=Cc1ccc(NCCO)c([N+](=O)[O-])c1. The Bertz CT molecular complexity index is 499. The van der Waals surface area contributed by atoms with E-state index in [4.69, 9.17) is 5.11 Å². The van der Waals surface area contributed by atoms with Crippen LogP contribution < -0.4 is 5.32 Å². The lowest BCUT2D eigenvalue weighted by Gasteiger charge is -2.05. The monoisotopic (exact) mass is 266 g/mol. The number of carbonyl (C=O) groups excluding carboxylic acids is 1. The van der Waals surface area contributed by atoms with Crippen molar-refractivity contribution in [3.05, 3.63) is 40.0 Å². The van der Waals surface area contributed by atoms with E-state index in [1.165, 1.54) is 31.4 Å². The Labute approximate surface area is 109 Å². The van der Waals surface area contributed by atoms with E-state index in [1.807, 2.05) is 0 Å². The van der Waals surface area contributed by atoms with Gasteiger partial charge in [0.1, 0.15) is 5.69 Å². The lowest BCUT2D eigenvalue weighted by molar-refractivity contribution is -0.384. The highest BCUT2D eigenvalue weighted by Crippen LogP contribution is 2.25. The molecule has 1 aromatic carbocycles. The molecule has 0 saturated carbocycles. The van der Waals surface area contributed by atoms with Crippen molar-refractivity contribution in [1.82, 2.24) is 0 Å². The largest absolute Gasteiger partial charge is 0.466 e. The number of hydrogen-bond donors (Lipinski definition) is 2. The average Bonchev–Trinajstić information content (AvgIpc) is 2.42. The molecular formula is C12H14N2O5. The minimum Gasteiger partial charge on any atom is -0.466 e. The highest BCUT2D eigenvalue weighted by atomic mass is 16.6. The highest BCUT2D eigenvalue weighted by molar-refractivity contribution is 5.87. The van der Waals surface area contributed by atoms with Gasteiger partial charge in [0.05, 0.1) is 18.6 Å². The summed E-state index contributed by atoms with van der Waals surface area (Å²) in [5.41, 5.74) is 0.696. The van der Waals surface area contributed by atoms with Gasteiger partial charge >= 0.3 is 5.97 Å². The average molecular weight is 266 g/mol. The second-order valence-electron chi connectivity index (χ2n) is 3.54. The van der Waals surface area contributed by atoms with Gasteiger partial charge in [-0.25, -0.2) is 4.79 Å². The number of benzene rings is 1. The molecule has 19 heavy (non-hydrogen) atoms. The molecule has 1 rings (SSSR count). The molecule has 7 heteroatoms. The van der Waals surface area contributed by atoms with E-state index in [0.29, 0.717) is 11.3 Å². The van der Waals surface area contributed by atoms with Gasteiger partial charge in [-0.3, -0.25) is 10.1 Å². The van der Waals surface area contributed by atoms with Crippen LogP contribution in [-0.2, 0) is 9.53 Å². The summed E-state index contributed by atoms with van der Waals surface area (Å²) >= 11 is 0. The van der Waals surface area contributed by atoms with Crippen LogP contribution in [-0.4, -0.2) is 36.3 Å². The lowest BCUT2D eigenvalue weighted by Crippen LogP contribution is -2.07. The summed E-state index contributed by atoms with van der Waals surface area (Å²) in [6, 6.07) is 4.47. The van der Waals surface area contributed by atoms with Crippen molar-refractivity contribution in [2.24, 2.45) is 0 Å². The Balaban J connectivity index is 2.98. The fourth-order valence-corrected chi connectivity index (χ4v) is 1.38. The Morgan fingerprint density at radius 1 is 1.58 bits per heavy atom. The maximum Gasteiger partial charge on any atom is 0.330 e. The minimum absolute atomic E-state index is 0.124. The summed E-state index contributed by atoms with van der Waals surface area (Å²) in [5.74, 6) is -0.537. The molecule has 0 radical (unpaired) electrons. The first-order valence-corrected chi connectivity index (χ1v) is 5.47. The third kappa shape index (κ3) is 4.40. The fraction of sp³-hybridized carbons (Fsp3) is 0.250. The van der Waals surface area contributed by atoms with Crippen LogP contribution >= 0.6 is 0 Å². The molecule has 0 aliphatic carbocycles. The van der Waals surface area contributed by atoms with E-state index in [1.54, 1.807) is 6.07 Å². The van der Waals surface area contributed by atoms with Crippen LogP contribution in [0.3, 0.4) is 0 Å². The molecule has 0 saturated heterocycles. The Morgan fingerprint density at radius 2 is 2.32 bits per heavy atom. The molecule has 0 spiro atoms. The molecule has 0 heterocycles. The van der Waals surface area contributed by atoms with Gasteiger partial charge in [0, 0.05) is 18.7 Å². The van der Waals surface area contributed by atoms with Crippen LogP contribution in [0.15, 0.2) is 24.3 Å². The molecule has 0 unspecified atom stereocenters. The zero-order valence-corrected chi connectivity index (χ0v) is 10.3. The number of nitrogens with zero attached hydrogens (tertiary/aromatic N) is 1. The first-order chi connectivity index (χ1) is 9.08. The van der Waals surface area contributed by atoms with Gasteiger partial charge in [0.2, 0.25) is 0 Å².